The van der Waals surface area contributed by atoms with Gasteiger partial charge in [-0.1, -0.05) is 18.2 Å². The number of hydrogen-bond donors (Lipinski definition) is 0. The SMILES string of the molecule is Cc1nn(S(C)(=O)=O)c(C)c1S(=O)(=O)N(C)c1ccccc1. The Labute approximate surface area is 130 Å². The van der Waals surface area contributed by atoms with Crippen molar-refractivity contribution in [3.63, 3.8) is 0 Å². The van der Waals surface area contributed by atoms with Gasteiger partial charge in [0, 0.05) is 7.05 Å². The van der Waals surface area contributed by atoms with E-state index in [1.54, 1.807) is 30.3 Å². The number of sulfonamides is 1. The molecule has 0 spiro atoms. The first-order chi connectivity index (χ1) is 10.1. The molecule has 120 valence electrons. The number of benzene rings is 1. The third-order valence-electron chi connectivity index (χ3n) is 3.24. The van der Waals surface area contributed by atoms with Crippen molar-refractivity contribution >= 4 is 25.7 Å². The van der Waals surface area contributed by atoms with Crippen LogP contribution in [0.2, 0.25) is 0 Å². The molecule has 0 fully saturated rings. The van der Waals surface area contributed by atoms with Gasteiger partial charge in [0.25, 0.3) is 20.0 Å². The topological polar surface area (TPSA) is 89.3 Å². The van der Waals surface area contributed by atoms with Gasteiger partial charge in [-0.25, -0.2) is 16.8 Å². The molecule has 2 aromatic rings. The molecule has 0 atom stereocenters. The Morgan fingerprint density at radius 1 is 1.05 bits per heavy atom. The monoisotopic (exact) mass is 343 g/mol. The molecule has 9 heteroatoms. The smallest absolute Gasteiger partial charge is 0.267 e. The molecule has 0 aliphatic rings. The van der Waals surface area contributed by atoms with E-state index in [1.807, 2.05) is 0 Å². The summed E-state index contributed by atoms with van der Waals surface area (Å²) in [5.41, 5.74) is 0.696. The van der Waals surface area contributed by atoms with Crippen LogP contribution in [0.3, 0.4) is 0 Å². The first-order valence-corrected chi connectivity index (χ1v) is 9.66. The van der Waals surface area contributed by atoms with Crippen molar-refractivity contribution < 1.29 is 16.8 Å². The lowest BCUT2D eigenvalue weighted by atomic mass is 10.3. The lowest BCUT2D eigenvalue weighted by Gasteiger charge is -2.19. The quantitative estimate of drug-likeness (QED) is 0.830. The van der Waals surface area contributed by atoms with E-state index in [2.05, 4.69) is 5.10 Å². The van der Waals surface area contributed by atoms with Crippen molar-refractivity contribution in [1.82, 2.24) is 9.19 Å². The summed E-state index contributed by atoms with van der Waals surface area (Å²) in [5, 5.41) is 3.85. The Bertz CT molecular complexity index is 900. The Hall–Kier alpha value is -1.87. The first-order valence-electron chi connectivity index (χ1n) is 6.37. The summed E-state index contributed by atoms with van der Waals surface area (Å²) in [5.74, 6) is 0. The average molecular weight is 343 g/mol. The van der Waals surface area contributed by atoms with Gasteiger partial charge in [0.15, 0.2) is 0 Å². The van der Waals surface area contributed by atoms with Crippen molar-refractivity contribution in [1.29, 1.82) is 0 Å². The van der Waals surface area contributed by atoms with E-state index in [-0.39, 0.29) is 16.3 Å². The number of aromatic nitrogens is 2. The number of aryl methyl sites for hydroxylation is 1. The molecule has 2 rings (SSSR count). The summed E-state index contributed by atoms with van der Waals surface area (Å²) < 4.78 is 50.8. The third-order valence-corrected chi connectivity index (χ3v) is 6.26. The van der Waals surface area contributed by atoms with Crippen LogP contribution < -0.4 is 4.31 Å². The van der Waals surface area contributed by atoms with Crippen LogP contribution in [-0.2, 0) is 20.0 Å². The minimum absolute atomic E-state index is 0.0720. The predicted molar refractivity (Wildman–Crippen MR) is 84.0 cm³/mol. The van der Waals surface area contributed by atoms with Crippen molar-refractivity contribution in [2.75, 3.05) is 17.6 Å². The highest BCUT2D eigenvalue weighted by atomic mass is 32.2. The number of rotatable bonds is 4. The van der Waals surface area contributed by atoms with E-state index >= 15 is 0 Å². The van der Waals surface area contributed by atoms with Crippen molar-refractivity contribution in [2.45, 2.75) is 18.7 Å². The molecule has 0 saturated heterocycles. The Kier molecular flexibility index (Phi) is 4.05. The standard InChI is InChI=1S/C13H17N3O4S2/c1-10-13(11(2)16(14-10)21(4,17)18)22(19,20)15(3)12-8-6-5-7-9-12/h5-9H,1-4H3. The predicted octanol–water partition coefficient (Wildman–Crippen LogP) is 1.13. The zero-order valence-electron chi connectivity index (χ0n) is 12.7. The summed E-state index contributed by atoms with van der Waals surface area (Å²) in [4.78, 5) is -0.0933. The Morgan fingerprint density at radius 3 is 2.05 bits per heavy atom. The highest BCUT2D eigenvalue weighted by Crippen LogP contribution is 2.27. The summed E-state index contributed by atoms with van der Waals surface area (Å²) in [6.07, 6.45) is 0.976. The molecule has 7 nitrogen and oxygen atoms in total. The third kappa shape index (κ3) is 2.73. The summed E-state index contributed by atoms with van der Waals surface area (Å²) >= 11 is 0. The van der Waals surface area contributed by atoms with Gasteiger partial charge in [0.2, 0.25) is 0 Å². The molecule has 22 heavy (non-hydrogen) atoms. The normalized spacial score (nSPS) is 12.4. The maximum atomic E-state index is 12.8. The molecule has 0 unspecified atom stereocenters. The van der Waals surface area contributed by atoms with Crippen molar-refractivity contribution in [3.05, 3.63) is 41.7 Å². The Balaban J connectivity index is 2.63. The fourth-order valence-electron chi connectivity index (χ4n) is 2.22. The molecule has 0 saturated carbocycles. The van der Waals surface area contributed by atoms with E-state index in [0.717, 1.165) is 14.6 Å². The van der Waals surface area contributed by atoms with Crippen LogP contribution in [0.4, 0.5) is 5.69 Å². The van der Waals surface area contributed by atoms with Crippen LogP contribution in [-0.4, -0.2) is 39.3 Å². The molecule has 0 amide bonds. The second kappa shape index (κ2) is 5.40. The van der Waals surface area contributed by atoms with Crippen molar-refractivity contribution in [3.8, 4) is 0 Å². The van der Waals surface area contributed by atoms with E-state index in [9.17, 15) is 16.8 Å². The number of nitrogens with zero attached hydrogens (tertiary/aromatic N) is 3. The van der Waals surface area contributed by atoms with Gasteiger partial charge in [-0.05, 0) is 26.0 Å². The van der Waals surface area contributed by atoms with Crippen LogP contribution >= 0.6 is 0 Å². The van der Waals surface area contributed by atoms with Gasteiger partial charge < -0.3 is 0 Å². The fraction of sp³-hybridized carbons (Fsp3) is 0.308. The van der Waals surface area contributed by atoms with E-state index in [1.165, 1.54) is 20.9 Å². The summed E-state index contributed by atoms with van der Waals surface area (Å²) in [7, 11) is -6.15. The summed E-state index contributed by atoms with van der Waals surface area (Å²) in [6.45, 7) is 2.90. The van der Waals surface area contributed by atoms with Gasteiger partial charge in [0.05, 0.1) is 23.3 Å². The van der Waals surface area contributed by atoms with Crippen LogP contribution in [0, 0.1) is 13.8 Å². The van der Waals surface area contributed by atoms with Crippen LogP contribution in [0.25, 0.3) is 0 Å². The molecule has 0 aliphatic carbocycles. The van der Waals surface area contributed by atoms with Gasteiger partial charge in [-0.15, -0.1) is 0 Å². The number of anilines is 1. The van der Waals surface area contributed by atoms with Gasteiger partial charge >= 0.3 is 0 Å². The van der Waals surface area contributed by atoms with Gasteiger partial charge in [-0.3, -0.25) is 4.31 Å². The molecule has 1 aromatic heterocycles. The molecule has 0 aliphatic heterocycles. The molecular weight excluding hydrogens is 326 g/mol. The van der Waals surface area contributed by atoms with Gasteiger partial charge in [0.1, 0.15) is 4.90 Å². The average Bonchev–Trinajstić information content (AvgIpc) is 2.74. The first kappa shape index (κ1) is 16.5. The van der Waals surface area contributed by atoms with Crippen LogP contribution in [0.15, 0.2) is 35.2 Å². The number of para-hydroxylation sites is 1. The highest BCUT2D eigenvalue weighted by Gasteiger charge is 2.30. The molecule has 1 heterocycles. The second-order valence-electron chi connectivity index (χ2n) is 4.91. The lowest BCUT2D eigenvalue weighted by Crippen LogP contribution is -2.27. The molecule has 1 aromatic carbocycles. The molecular formula is C13H17N3O4S2. The minimum atomic E-state index is -3.91. The largest absolute Gasteiger partial charge is 0.269 e. The molecule has 0 N–H and O–H groups in total. The minimum Gasteiger partial charge on any atom is -0.269 e. The lowest BCUT2D eigenvalue weighted by molar-refractivity contribution is 0.584. The summed E-state index contributed by atoms with van der Waals surface area (Å²) in [6, 6.07) is 8.54. The number of hydrogen-bond acceptors (Lipinski definition) is 5. The van der Waals surface area contributed by atoms with Crippen molar-refractivity contribution in [2.24, 2.45) is 0 Å². The maximum Gasteiger partial charge on any atom is 0.267 e. The van der Waals surface area contributed by atoms with E-state index in [4.69, 9.17) is 0 Å². The second-order valence-corrected chi connectivity index (χ2v) is 8.63. The maximum absolute atomic E-state index is 12.8. The highest BCUT2D eigenvalue weighted by molar-refractivity contribution is 7.93. The van der Waals surface area contributed by atoms with Crippen LogP contribution in [0.1, 0.15) is 11.4 Å². The molecule has 0 radical (unpaired) electrons. The van der Waals surface area contributed by atoms with Crippen LogP contribution in [0.5, 0.6) is 0 Å². The van der Waals surface area contributed by atoms with E-state index < -0.39 is 20.0 Å². The zero-order valence-corrected chi connectivity index (χ0v) is 14.3. The molecule has 0 bridgehead atoms. The zero-order chi connectivity index (χ0) is 16.7. The fourth-order valence-corrected chi connectivity index (χ4v) is 4.68. The Morgan fingerprint density at radius 2 is 1.59 bits per heavy atom. The van der Waals surface area contributed by atoms with E-state index in [0.29, 0.717) is 5.69 Å². The van der Waals surface area contributed by atoms with Gasteiger partial charge in [-0.2, -0.15) is 9.19 Å².